The molecule has 0 unspecified atom stereocenters. The van der Waals surface area contributed by atoms with E-state index < -0.39 is 0 Å². The third-order valence-electron chi connectivity index (χ3n) is 4.65. The van der Waals surface area contributed by atoms with Crippen LogP contribution in [0.2, 0.25) is 0 Å². The Bertz CT molecular complexity index is 815. The number of ether oxygens (including phenoxy) is 1. The van der Waals surface area contributed by atoms with Gasteiger partial charge in [0.05, 0.1) is 12.8 Å². The summed E-state index contributed by atoms with van der Waals surface area (Å²) in [6.45, 7) is 0.303. The van der Waals surface area contributed by atoms with Crippen LogP contribution >= 0.6 is 11.3 Å². The second-order valence-electron chi connectivity index (χ2n) is 6.52. The fourth-order valence-electron chi connectivity index (χ4n) is 3.19. The number of benzene rings is 1. The molecule has 27 heavy (non-hydrogen) atoms. The Morgan fingerprint density at radius 2 is 2.04 bits per heavy atom. The minimum Gasteiger partial charge on any atom is -0.495 e. The predicted octanol–water partition coefficient (Wildman–Crippen LogP) is 3.38. The molecule has 1 aromatic carbocycles. The molecule has 0 radical (unpaired) electrons. The molecule has 1 saturated carbocycles. The maximum Gasteiger partial charge on any atom is 0.275 e. The number of carbonyl (C=O) groups excluding carboxylic acids is 2. The number of aromatic nitrogens is 1. The first-order valence-electron chi connectivity index (χ1n) is 9.05. The summed E-state index contributed by atoms with van der Waals surface area (Å²) in [5, 5.41) is 8.13. The largest absolute Gasteiger partial charge is 0.495 e. The molecule has 0 bridgehead atoms. The van der Waals surface area contributed by atoms with Crippen LogP contribution in [0.1, 0.15) is 47.6 Å². The lowest BCUT2D eigenvalue weighted by atomic mass is 9.88. The number of thiazole rings is 1. The number of amides is 2. The number of nitrogens with zero attached hydrogens (tertiary/aromatic N) is 1. The zero-order chi connectivity index (χ0) is 19.2. The van der Waals surface area contributed by atoms with Crippen molar-refractivity contribution < 1.29 is 14.3 Å². The second-order valence-corrected chi connectivity index (χ2v) is 7.47. The molecule has 1 fully saturated rings. The summed E-state index contributed by atoms with van der Waals surface area (Å²) in [4.78, 5) is 29.1. The van der Waals surface area contributed by atoms with Gasteiger partial charge in [0.15, 0.2) is 0 Å². The van der Waals surface area contributed by atoms with Crippen molar-refractivity contribution in [2.45, 2.75) is 38.6 Å². The molecular formula is C19H24N4O3S. The van der Waals surface area contributed by atoms with Crippen molar-refractivity contribution in [2.24, 2.45) is 11.7 Å². The summed E-state index contributed by atoms with van der Waals surface area (Å²) in [6.07, 6.45) is 5.19. The van der Waals surface area contributed by atoms with E-state index in [-0.39, 0.29) is 17.7 Å². The zero-order valence-corrected chi connectivity index (χ0v) is 16.1. The Morgan fingerprint density at radius 3 is 2.70 bits per heavy atom. The highest BCUT2D eigenvalue weighted by Gasteiger charge is 2.22. The van der Waals surface area contributed by atoms with E-state index >= 15 is 0 Å². The minimum atomic E-state index is -0.319. The molecule has 1 aliphatic rings. The first-order valence-corrected chi connectivity index (χ1v) is 9.93. The van der Waals surface area contributed by atoms with Crippen molar-refractivity contribution in [3.8, 4) is 5.75 Å². The first kappa shape index (κ1) is 19.3. The first-order chi connectivity index (χ1) is 13.1. The van der Waals surface area contributed by atoms with Crippen molar-refractivity contribution in [3.63, 3.8) is 0 Å². The molecule has 0 atom stereocenters. The Hall–Kier alpha value is -2.45. The molecule has 8 heteroatoms. The summed E-state index contributed by atoms with van der Waals surface area (Å²) in [6, 6.07) is 5.15. The van der Waals surface area contributed by atoms with Gasteiger partial charge in [-0.3, -0.25) is 9.59 Å². The van der Waals surface area contributed by atoms with Crippen LogP contribution in [0, 0.1) is 5.92 Å². The van der Waals surface area contributed by atoms with Crippen molar-refractivity contribution in [2.75, 3.05) is 17.7 Å². The van der Waals surface area contributed by atoms with Gasteiger partial charge in [0.2, 0.25) is 5.91 Å². The van der Waals surface area contributed by atoms with Crippen LogP contribution in [0.4, 0.5) is 11.4 Å². The topological polar surface area (TPSA) is 106 Å². The van der Waals surface area contributed by atoms with Gasteiger partial charge in [-0.25, -0.2) is 4.98 Å². The fourth-order valence-corrected chi connectivity index (χ4v) is 3.84. The van der Waals surface area contributed by atoms with E-state index in [0.717, 1.165) is 25.7 Å². The molecule has 144 valence electrons. The number of methoxy groups -OCH3 is 1. The molecule has 0 aliphatic heterocycles. The van der Waals surface area contributed by atoms with E-state index in [4.69, 9.17) is 10.5 Å². The van der Waals surface area contributed by atoms with E-state index in [9.17, 15) is 9.59 Å². The third-order valence-corrected chi connectivity index (χ3v) is 5.52. The highest BCUT2D eigenvalue weighted by molar-refractivity contribution is 7.09. The highest BCUT2D eigenvalue weighted by Crippen LogP contribution is 2.31. The lowest BCUT2D eigenvalue weighted by molar-refractivity contribution is -0.120. The van der Waals surface area contributed by atoms with Gasteiger partial charge in [0.25, 0.3) is 5.91 Å². The molecular weight excluding hydrogens is 364 g/mol. The van der Waals surface area contributed by atoms with Crippen LogP contribution in [0.15, 0.2) is 23.6 Å². The molecule has 3 rings (SSSR count). The summed E-state index contributed by atoms with van der Waals surface area (Å²) < 4.78 is 5.34. The Morgan fingerprint density at radius 1 is 1.26 bits per heavy atom. The second kappa shape index (κ2) is 8.96. The summed E-state index contributed by atoms with van der Waals surface area (Å²) >= 11 is 1.35. The van der Waals surface area contributed by atoms with Crippen molar-refractivity contribution in [1.29, 1.82) is 0 Å². The monoisotopic (exact) mass is 388 g/mol. The fraction of sp³-hybridized carbons (Fsp3) is 0.421. The van der Waals surface area contributed by atoms with E-state index in [2.05, 4.69) is 15.6 Å². The minimum absolute atomic E-state index is 0.00330. The number of anilines is 2. The molecule has 0 saturated heterocycles. The third kappa shape index (κ3) is 4.84. The smallest absolute Gasteiger partial charge is 0.275 e. The molecule has 1 aromatic heterocycles. The van der Waals surface area contributed by atoms with Gasteiger partial charge >= 0.3 is 0 Å². The number of hydrogen-bond acceptors (Lipinski definition) is 6. The Kier molecular flexibility index (Phi) is 6.41. The van der Waals surface area contributed by atoms with Gasteiger partial charge < -0.3 is 21.1 Å². The molecule has 1 heterocycles. The van der Waals surface area contributed by atoms with Crippen LogP contribution in [-0.2, 0) is 11.3 Å². The summed E-state index contributed by atoms with van der Waals surface area (Å²) in [7, 11) is 1.55. The maximum atomic E-state index is 12.6. The predicted molar refractivity (Wildman–Crippen MR) is 106 cm³/mol. The van der Waals surface area contributed by atoms with Gasteiger partial charge in [-0.05, 0) is 31.0 Å². The molecule has 2 amide bonds. The van der Waals surface area contributed by atoms with Crippen LogP contribution < -0.4 is 21.1 Å². The van der Waals surface area contributed by atoms with Gasteiger partial charge in [0, 0.05) is 23.5 Å². The quantitative estimate of drug-likeness (QED) is 0.703. The zero-order valence-electron chi connectivity index (χ0n) is 15.3. The van der Waals surface area contributed by atoms with Crippen LogP contribution in [0.3, 0.4) is 0 Å². The molecule has 1 aliphatic carbocycles. The molecule has 0 spiro atoms. The molecule has 4 N–H and O–H groups in total. The van der Waals surface area contributed by atoms with Crippen molar-refractivity contribution in [3.05, 3.63) is 34.3 Å². The van der Waals surface area contributed by atoms with Gasteiger partial charge in [-0.15, -0.1) is 11.3 Å². The van der Waals surface area contributed by atoms with Crippen LogP contribution in [0.25, 0.3) is 0 Å². The summed E-state index contributed by atoms with van der Waals surface area (Å²) in [5.74, 6) is 0.270. The lowest BCUT2D eigenvalue weighted by Gasteiger charge is -2.21. The maximum absolute atomic E-state index is 12.6. The number of nitrogens with two attached hydrogens (primary N) is 1. The Labute approximate surface area is 162 Å². The average Bonchev–Trinajstić information content (AvgIpc) is 3.18. The number of rotatable bonds is 6. The van der Waals surface area contributed by atoms with E-state index in [1.54, 1.807) is 30.7 Å². The van der Waals surface area contributed by atoms with Crippen molar-refractivity contribution >= 4 is 34.5 Å². The van der Waals surface area contributed by atoms with E-state index in [1.807, 2.05) is 0 Å². The van der Waals surface area contributed by atoms with Crippen LogP contribution in [0.5, 0.6) is 5.75 Å². The Balaban J connectivity index is 1.72. The van der Waals surface area contributed by atoms with E-state index in [1.165, 1.54) is 17.8 Å². The van der Waals surface area contributed by atoms with Crippen molar-refractivity contribution in [1.82, 2.24) is 4.98 Å². The van der Waals surface area contributed by atoms with Gasteiger partial charge in [-0.2, -0.15) is 0 Å². The molecule has 7 nitrogen and oxygen atoms in total. The standard InChI is InChI=1S/C19H24N4O3S/c1-26-16-8-7-13(21-19(25)15-11-27-17(10-20)22-15)9-14(16)23-18(24)12-5-3-2-4-6-12/h7-9,11-12H,2-6,10,20H2,1H3,(H,21,25)(H,23,24). The van der Waals surface area contributed by atoms with Gasteiger partial charge in [-0.1, -0.05) is 19.3 Å². The van der Waals surface area contributed by atoms with Gasteiger partial charge in [0.1, 0.15) is 16.5 Å². The highest BCUT2D eigenvalue weighted by atomic mass is 32.1. The normalized spacial score (nSPS) is 14.6. The number of hydrogen-bond donors (Lipinski definition) is 3. The van der Waals surface area contributed by atoms with E-state index in [0.29, 0.717) is 34.4 Å². The number of carbonyl (C=O) groups is 2. The molecule has 2 aromatic rings. The average molecular weight is 388 g/mol. The SMILES string of the molecule is COc1ccc(NC(=O)c2csc(CN)n2)cc1NC(=O)C1CCCCC1. The summed E-state index contributed by atoms with van der Waals surface area (Å²) in [5.41, 5.74) is 6.97. The number of nitrogens with one attached hydrogen (secondary N) is 2. The van der Waals surface area contributed by atoms with Crippen LogP contribution in [-0.4, -0.2) is 23.9 Å². The lowest BCUT2D eigenvalue weighted by Crippen LogP contribution is -2.25.